The lowest BCUT2D eigenvalue weighted by Crippen LogP contribution is -2.52. The molecule has 0 amide bonds. The van der Waals surface area contributed by atoms with Gasteiger partial charge in [-0.25, -0.2) is 0 Å². The molecule has 0 saturated carbocycles. The molecule has 15 heavy (non-hydrogen) atoms. The van der Waals surface area contributed by atoms with Gasteiger partial charge in [0, 0.05) is 12.1 Å². The first kappa shape index (κ1) is 13.0. The highest BCUT2D eigenvalue weighted by molar-refractivity contribution is 4.86. The fraction of sp³-hybridized carbons (Fsp3) is 1.00. The van der Waals surface area contributed by atoms with E-state index in [1.165, 1.54) is 6.42 Å². The fourth-order valence-corrected chi connectivity index (χ4v) is 2.47. The van der Waals surface area contributed by atoms with Gasteiger partial charge in [0.1, 0.15) is 0 Å². The Balaban J connectivity index is 2.48. The Bertz CT molecular complexity index is 195. The zero-order valence-electron chi connectivity index (χ0n) is 11.0. The summed E-state index contributed by atoms with van der Waals surface area (Å²) < 4.78 is 0. The molecular formula is C13H27NO. The molecule has 1 aliphatic rings. The second-order valence-corrected chi connectivity index (χ2v) is 6.36. The Kier molecular flexibility index (Phi) is 4.19. The number of aliphatic hydroxyl groups excluding tert-OH is 1. The molecular weight excluding hydrogens is 186 g/mol. The van der Waals surface area contributed by atoms with Gasteiger partial charge in [-0.1, -0.05) is 13.8 Å². The lowest BCUT2D eigenvalue weighted by Gasteiger charge is -2.43. The quantitative estimate of drug-likeness (QED) is 0.762. The Morgan fingerprint density at radius 3 is 2.33 bits per heavy atom. The van der Waals surface area contributed by atoms with Crippen LogP contribution in [0.5, 0.6) is 0 Å². The molecule has 1 rings (SSSR count). The van der Waals surface area contributed by atoms with Crippen LogP contribution in [0.3, 0.4) is 0 Å². The summed E-state index contributed by atoms with van der Waals surface area (Å²) in [6.07, 6.45) is 2.19. The average Bonchev–Trinajstić information content (AvgIpc) is 2.05. The Hall–Kier alpha value is -0.0800. The summed E-state index contributed by atoms with van der Waals surface area (Å²) in [5.74, 6) is 1.22. The number of hydrogen-bond acceptors (Lipinski definition) is 2. The lowest BCUT2D eigenvalue weighted by molar-refractivity contribution is -0.0207. The normalized spacial score (nSPS) is 29.8. The molecule has 0 bridgehead atoms. The predicted octanol–water partition coefficient (Wildman–Crippen LogP) is 2.51. The van der Waals surface area contributed by atoms with Gasteiger partial charge < -0.3 is 5.11 Å². The van der Waals surface area contributed by atoms with Gasteiger partial charge in [0.2, 0.25) is 0 Å². The molecule has 0 spiro atoms. The number of piperidine rings is 1. The molecule has 0 aromatic heterocycles. The van der Waals surface area contributed by atoms with Crippen LogP contribution in [0, 0.1) is 11.8 Å². The van der Waals surface area contributed by atoms with Crippen LogP contribution < -0.4 is 0 Å². The first-order valence-corrected chi connectivity index (χ1v) is 6.24. The third-order valence-corrected chi connectivity index (χ3v) is 3.44. The second-order valence-electron chi connectivity index (χ2n) is 6.36. The molecule has 1 aliphatic heterocycles. The van der Waals surface area contributed by atoms with Gasteiger partial charge in [0.05, 0.1) is 6.10 Å². The van der Waals surface area contributed by atoms with Gasteiger partial charge >= 0.3 is 0 Å². The highest BCUT2D eigenvalue weighted by Gasteiger charge is 2.32. The van der Waals surface area contributed by atoms with E-state index in [0.29, 0.717) is 11.8 Å². The van der Waals surface area contributed by atoms with E-state index < -0.39 is 0 Å². The predicted molar refractivity (Wildman–Crippen MR) is 64.9 cm³/mol. The SMILES string of the molecule is CC(C)CC1CCN(C(C)(C)C)CC1O. The topological polar surface area (TPSA) is 23.5 Å². The Morgan fingerprint density at radius 2 is 1.93 bits per heavy atom. The number of likely N-dealkylation sites (tertiary alicyclic amines) is 1. The number of hydrogen-bond donors (Lipinski definition) is 1. The highest BCUT2D eigenvalue weighted by Crippen LogP contribution is 2.28. The maximum atomic E-state index is 10.1. The van der Waals surface area contributed by atoms with Crippen molar-refractivity contribution in [1.29, 1.82) is 0 Å². The summed E-state index contributed by atoms with van der Waals surface area (Å²) in [7, 11) is 0. The Morgan fingerprint density at radius 1 is 1.33 bits per heavy atom. The van der Waals surface area contributed by atoms with Crippen LogP contribution in [0.25, 0.3) is 0 Å². The molecule has 2 atom stereocenters. The molecule has 0 radical (unpaired) electrons. The summed E-state index contributed by atoms with van der Waals surface area (Å²) >= 11 is 0. The van der Waals surface area contributed by atoms with Crippen molar-refractivity contribution in [2.24, 2.45) is 11.8 Å². The smallest absolute Gasteiger partial charge is 0.0696 e. The van der Waals surface area contributed by atoms with Crippen LogP contribution in [0.2, 0.25) is 0 Å². The van der Waals surface area contributed by atoms with E-state index in [-0.39, 0.29) is 11.6 Å². The van der Waals surface area contributed by atoms with Crippen LogP contribution in [-0.2, 0) is 0 Å². The van der Waals surface area contributed by atoms with E-state index in [0.717, 1.165) is 19.5 Å². The van der Waals surface area contributed by atoms with Crippen LogP contribution in [0.15, 0.2) is 0 Å². The molecule has 0 aromatic carbocycles. The standard InChI is InChI=1S/C13H27NO/c1-10(2)8-11-6-7-14(9-12(11)15)13(3,4)5/h10-12,15H,6-9H2,1-5H3. The molecule has 2 unspecified atom stereocenters. The van der Waals surface area contributed by atoms with Crippen molar-refractivity contribution in [3.05, 3.63) is 0 Å². The third kappa shape index (κ3) is 3.76. The minimum absolute atomic E-state index is 0.125. The fourth-order valence-electron chi connectivity index (χ4n) is 2.47. The van der Waals surface area contributed by atoms with Crippen molar-refractivity contribution in [2.45, 2.75) is 59.1 Å². The maximum Gasteiger partial charge on any atom is 0.0696 e. The van der Waals surface area contributed by atoms with E-state index in [4.69, 9.17) is 0 Å². The van der Waals surface area contributed by atoms with Crippen LogP contribution >= 0.6 is 0 Å². The Labute approximate surface area is 94.7 Å². The van der Waals surface area contributed by atoms with E-state index >= 15 is 0 Å². The summed E-state index contributed by atoms with van der Waals surface area (Å²) in [6, 6.07) is 0. The molecule has 1 fully saturated rings. The van der Waals surface area contributed by atoms with Crippen molar-refractivity contribution in [3.8, 4) is 0 Å². The van der Waals surface area contributed by atoms with Crippen LogP contribution in [0.1, 0.15) is 47.5 Å². The minimum Gasteiger partial charge on any atom is -0.392 e. The summed E-state index contributed by atoms with van der Waals surface area (Å²) in [6.45, 7) is 13.1. The summed E-state index contributed by atoms with van der Waals surface area (Å²) in [5.41, 5.74) is 0.198. The highest BCUT2D eigenvalue weighted by atomic mass is 16.3. The molecule has 2 nitrogen and oxygen atoms in total. The van der Waals surface area contributed by atoms with Crippen molar-refractivity contribution in [1.82, 2.24) is 4.90 Å². The number of aliphatic hydroxyl groups is 1. The monoisotopic (exact) mass is 213 g/mol. The van der Waals surface area contributed by atoms with Crippen molar-refractivity contribution in [2.75, 3.05) is 13.1 Å². The molecule has 90 valence electrons. The second kappa shape index (κ2) is 4.84. The van der Waals surface area contributed by atoms with Crippen molar-refractivity contribution in [3.63, 3.8) is 0 Å². The first-order chi connectivity index (χ1) is 6.80. The number of β-amino-alcohol motifs (C(OH)–C–C–N with tert-alkyl or cyclic N) is 1. The van der Waals surface area contributed by atoms with Gasteiger partial charge in [-0.2, -0.15) is 0 Å². The maximum absolute atomic E-state index is 10.1. The summed E-state index contributed by atoms with van der Waals surface area (Å²) in [5, 5.41) is 10.1. The van der Waals surface area contributed by atoms with Gasteiger partial charge in [-0.3, -0.25) is 4.90 Å². The van der Waals surface area contributed by atoms with Crippen molar-refractivity contribution >= 4 is 0 Å². The average molecular weight is 213 g/mol. The largest absolute Gasteiger partial charge is 0.392 e. The molecule has 1 N–H and O–H groups in total. The van der Waals surface area contributed by atoms with E-state index in [9.17, 15) is 5.11 Å². The molecule has 1 saturated heterocycles. The number of rotatable bonds is 2. The minimum atomic E-state index is -0.125. The van der Waals surface area contributed by atoms with Crippen LogP contribution in [-0.4, -0.2) is 34.7 Å². The third-order valence-electron chi connectivity index (χ3n) is 3.44. The summed E-state index contributed by atoms with van der Waals surface area (Å²) in [4.78, 5) is 2.40. The van der Waals surface area contributed by atoms with Crippen LogP contribution in [0.4, 0.5) is 0 Å². The van der Waals surface area contributed by atoms with Gasteiger partial charge in [0.25, 0.3) is 0 Å². The van der Waals surface area contributed by atoms with Crippen molar-refractivity contribution < 1.29 is 5.11 Å². The number of nitrogens with zero attached hydrogens (tertiary/aromatic N) is 1. The zero-order chi connectivity index (χ0) is 11.6. The molecule has 1 heterocycles. The van der Waals surface area contributed by atoms with Gasteiger partial charge in [-0.05, 0) is 52.0 Å². The molecule has 0 aliphatic carbocycles. The lowest BCUT2D eigenvalue weighted by atomic mass is 9.85. The molecule has 0 aromatic rings. The van der Waals surface area contributed by atoms with E-state index in [1.54, 1.807) is 0 Å². The zero-order valence-corrected chi connectivity index (χ0v) is 11.0. The van der Waals surface area contributed by atoms with E-state index in [1.807, 2.05) is 0 Å². The van der Waals surface area contributed by atoms with E-state index in [2.05, 4.69) is 39.5 Å². The van der Waals surface area contributed by atoms with Gasteiger partial charge in [0.15, 0.2) is 0 Å². The van der Waals surface area contributed by atoms with Gasteiger partial charge in [-0.15, -0.1) is 0 Å². The first-order valence-electron chi connectivity index (χ1n) is 6.24. The molecule has 2 heteroatoms.